The van der Waals surface area contributed by atoms with Gasteiger partial charge in [0, 0.05) is 56.1 Å². The van der Waals surface area contributed by atoms with Gasteiger partial charge in [-0.1, -0.05) is 218 Å². The van der Waals surface area contributed by atoms with E-state index < -0.39 is 0 Å². The molecule has 2 aromatic heterocycles. The van der Waals surface area contributed by atoms with Crippen LogP contribution in [0.4, 0.5) is 0 Å². The normalized spacial score (nSPS) is 18.2. The molecule has 2 heterocycles. The lowest BCUT2D eigenvalue weighted by Crippen LogP contribution is -2.15. The van der Waals surface area contributed by atoms with Gasteiger partial charge in [-0.05, 0) is 118 Å². The van der Waals surface area contributed by atoms with Gasteiger partial charge in [0.2, 0.25) is 0 Å². The smallest absolute Gasteiger partial charge is 0.0740 e. The molecule has 0 saturated heterocycles. The molecule has 8 aromatic carbocycles. The van der Waals surface area contributed by atoms with Crippen molar-refractivity contribution in [1.29, 1.82) is 0 Å². The maximum atomic E-state index is 5.53. The van der Waals surface area contributed by atoms with Crippen LogP contribution >= 0.6 is 0 Å². The molecule has 2 heteroatoms. The summed E-state index contributed by atoms with van der Waals surface area (Å²) in [6, 6.07) is 64.3. The molecule has 0 amide bonds. The van der Waals surface area contributed by atoms with E-state index in [0.29, 0.717) is 5.92 Å². The summed E-state index contributed by atoms with van der Waals surface area (Å²) in [5.74, 6) is 0.841. The third kappa shape index (κ3) is 7.11. The molecule has 3 unspecified atom stereocenters. The van der Waals surface area contributed by atoms with Crippen molar-refractivity contribution in [3.8, 4) is 39.2 Å². The second-order valence-corrected chi connectivity index (χ2v) is 20.3. The lowest BCUT2D eigenvalue weighted by Gasteiger charge is -2.31. The Morgan fingerprint density at radius 2 is 1.33 bits per heavy atom. The molecule has 0 bridgehead atoms. The van der Waals surface area contributed by atoms with E-state index >= 15 is 0 Å². The summed E-state index contributed by atoms with van der Waals surface area (Å²) < 4.78 is 2.60. The predicted octanol–water partition coefficient (Wildman–Crippen LogP) is 18.3. The van der Waals surface area contributed by atoms with Crippen LogP contribution < -0.4 is 0 Å². The minimum Gasteiger partial charge on any atom is -0.307 e. The quantitative estimate of drug-likeness (QED) is 0.156. The predicted molar refractivity (Wildman–Crippen MR) is 304 cm³/mol. The van der Waals surface area contributed by atoms with Crippen molar-refractivity contribution >= 4 is 48.9 Å². The summed E-state index contributed by atoms with van der Waals surface area (Å²) >= 11 is 0. The Morgan fingerprint density at radius 1 is 0.569 bits per heavy atom. The number of para-hydroxylation sites is 1. The number of nitrogens with zero attached hydrogens (tertiary/aromatic N) is 2. The van der Waals surface area contributed by atoms with Crippen LogP contribution in [0.15, 0.2) is 236 Å². The number of fused-ring (bicyclic) bond motifs is 9. The van der Waals surface area contributed by atoms with Crippen molar-refractivity contribution in [2.24, 2.45) is 5.92 Å². The van der Waals surface area contributed by atoms with Gasteiger partial charge in [-0.3, -0.25) is 4.98 Å². The van der Waals surface area contributed by atoms with Gasteiger partial charge in [0.05, 0.1) is 22.4 Å². The van der Waals surface area contributed by atoms with Gasteiger partial charge in [0.15, 0.2) is 0 Å². The maximum absolute atomic E-state index is 5.53. The molecule has 0 fully saturated rings. The minimum absolute atomic E-state index is 0.191. The van der Waals surface area contributed by atoms with Gasteiger partial charge in [0.1, 0.15) is 0 Å². The number of allylic oxidation sites excluding steroid dienone is 12. The first-order chi connectivity index (χ1) is 35.6. The van der Waals surface area contributed by atoms with Crippen LogP contribution in [0.1, 0.15) is 71.0 Å². The molecular formula is C70H54N2. The topological polar surface area (TPSA) is 17.8 Å². The third-order valence-corrected chi connectivity index (χ3v) is 16.3. The largest absolute Gasteiger partial charge is 0.307 e. The van der Waals surface area contributed by atoms with Crippen LogP contribution in [0.5, 0.6) is 0 Å². The number of rotatable bonds is 7. The average Bonchev–Trinajstić information content (AvgIpc) is 3.80. The standard InChI is InChI=1S/C70H54N2/c1-45-63(44-65(53-36-28-48(29-37-53)46-16-4-2-5-17-46)71-68(45)54-38-30-49(31-39-54)47-18-6-3-7-19-47)51-32-34-52(35-33-51)64-43-56-42-55-21-9-11-23-58(55)70(67(56)61-26-13-12-24-59(61)64)72-66-27-15-14-25-60(66)62-41-40-50-20-8-10-22-57(50)69(62)72/h2-6,8-16,18,20-36,38-42,44,46,53,64H,7,17,19,37,43H2,1H3. The molecule has 4 aliphatic carbocycles. The van der Waals surface area contributed by atoms with Crippen molar-refractivity contribution in [2.75, 3.05) is 0 Å². The SMILES string of the molecule is Cc1c(-c2ccc(C3Cc4cc5ccccc5c(-n5c6ccccc6c6ccc7ccccc7c65)c4-c4ccccc43)cc2)cc(C2C=CC(C3C=CC=CC3)=CC2)nc1-c1ccc(C2=CC=CCC2)cc1. The number of hydrogen-bond acceptors (Lipinski definition) is 1. The number of benzene rings is 8. The Morgan fingerprint density at radius 3 is 2.14 bits per heavy atom. The zero-order valence-corrected chi connectivity index (χ0v) is 40.6. The Labute approximate surface area is 422 Å². The van der Waals surface area contributed by atoms with E-state index in [4.69, 9.17) is 4.98 Å². The molecule has 0 radical (unpaired) electrons. The molecule has 344 valence electrons. The first-order valence-corrected chi connectivity index (χ1v) is 26.0. The van der Waals surface area contributed by atoms with Gasteiger partial charge in [-0.25, -0.2) is 0 Å². The van der Waals surface area contributed by atoms with Gasteiger partial charge in [0.25, 0.3) is 0 Å². The van der Waals surface area contributed by atoms with E-state index in [2.05, 4.69) is 242 Å². The fraction of sp³-hybridized carbons (Fsp3) is 0.129. The first kappa shape index (κ1) is 42.5. The van der Waals surface area contributed by atoms with Crippen LogP contribution in [-0.2, 0) is 6.42 Å². The van der Waals surface area contributed by atoms with E-state index in [1.165, 1.54) is 110 Å². The van der Waals surface area contributed by atoms with Gasteiger partial charge >= 0.3 is 0 Å². The van der Waals surface area contributed by atoms with Gasteiger partial charge in [-0.2, -0.15) is 0 Å². The van der Waals surface area contributed by atoms with Gasteiger partial charge in [-0.15, -0.1) is 0 Å². The van der Waals surface area contributed by atoms with Crippen LogP contribution in [0.3, 0.4) is 0 Å². The Bertz CT molecular complexity index is 4010. The van der Waals surface area contributed by atoms with E-state index in [0.717, 1.165) is 49.1 Å². The summed E-state index contributed by atoms with van der Waals surface area (Å²) in [6.07, 6.45) is 28.0. The minimum atomic E-state index is 0.191. The van der Waals surface area contributed by atoms with E-state index in [9.17, 15) is 0 Å². The fourth-order valence-corrected chi connectivity index (χ4v) is 12.6. The second-order valence-electron chi connectivity index (χ2n) is 20.3. The monoisotopic (exact) mass is 922 g/mol. The van der Waals surface area contributed by atoms with Crippen LogP contribution in [0, 0.1) is 12.8 Å². The molecule has 0 N–H and O–H groups in total. The molecule has 2 nitrogen and oxygen atoms in total. The van der Waals surface area contributed by atoms with Crippen molar-refractivity contribution < 1.29 is 0 Å². The van der Waals surface area contributed by atoms with Crippen LogP contribution in [0.2, 0.25) is 0 Å². The molecule has 4 aliphatic rings. The maximum Gasteiger partial charge on any atom is 0.0740 e. The zero-order chi connectivity index (χ0) is 47.7. The fourth-order valence-electron chi connectivity index (χ4n) is 12.6. The van der Waals surface area contributed by atoms with E-state index in [1.807, 2.05) is 0 Å². The summed E-state index contributed by atoms with van der Waals surface area (Å²) in [5.41, 5.74) is 21.7. The lowest BCUT2D eigenvalue weighted by atomic mass is 9.74. The van der Waals surface area contributed by atoms with Crippen LogP contribution in [-0.4, -0.2) is 9.55 Å². The van der Waals surface area contributed by atoms with Crippen molar-refractivity contribution in [2.45, 2.75) is 50.9 Å². The Hall–Kier alpha value is -8.33. The highest BCUT2D eigenvalue weighted by molar-refractivity contribution is 6.20. The second kappa shape index (κ2) is 17.5. The number of pyridine rings is 1. The molecule has 72 heavy (non-hydrogen) atoms. The first-order valence-electron chi connectivity index (χ1n) is 26.0. The third-order valence-electron chi connectivity index (χ3n) is 16.3. The number of hydrogen-bond donors (Lipinski definition) is 0. The average molecular weight is 923 g/mol. The van der Waals surface area contributed by atoms with Crippen molar-refractivity contribution in [3.63, 3.8) is 0 Å². The highest BCUT2D eigenvalue weighted by Crippen LogP contribution is 2.50. The zero-order valence-electron chi connectivity index (χ0n) is 40.6. The Kier molecular flexibility index (Phi) is 10.3. The highest BCUT2D eigenvalue weighted by Gasteiger charge is 2.31. The molecule has 10 aromatic rings. The van der Waals surface area contributed by atoms with E-state index in [1.54, 1.807) is 0 Å². The molecular weight excluding hydrogens is 869 g/mol. The molecule has 0 aliphatic heterocycles. The molecule has 0 spiro atoms. The van der Waals surface area contributed by atoms with E-state index in [-0.39, 0.29) is 11.8 Å². The molecule has 0 saturated carbocycles. The van der Waals surface area contributed by atoms with Crippen LogP contribution in [0.25, 0.3) is 88.1 Å². The Balaban J connectivity index is 0.875. The molecule has 3 atom stereocenters. The highest BCUT2D eigenvalue weighted by atomic mass is 15.0. The molecule has 14 rings (SSSR count). The summed E-state index contributed by atoms with van der Waals surface area (Å²) in [6.45, 7) is 2.27. The summed E-state index contributed by atoms with van der Waals surface area (Å²) in [4.78, 5) is 5.53. The number of aromatic nitrogens is 2. The summed E-state index contributed by atoms with van der Waals surface area (Å²) in [5, 5.41) is 7.62. The van der Waals surface area contributed by atoms with Gasteiger partial charge < -0.3 is 4.57 Å². The van der Waals surface area contributed by atoms with Crippen molar-refractivity contribution in [1.82, 2.24) is 9.55 Å². The van der Waals surface area contributed by atoms with Crippen molar-refractivity contribution in [3.05, 3.63) is 270 Å². The summed E-state index contributed by atoms with van der Waals surface area (Å²) in [7, 11) is 0. The lowest BCUT2D eigenvalue weighted by molar-refractivity contribution is 0.742.